The Bertz CT molecular complexity index is 503. The molecule has 0 bridgehead atoms. The Kier molecular flexibility index (Phi) is 8.72. The van der Waals surface area contributed by atoms with Crippen LogP contribution in [0.25, 0.3) is 0 Å². The number of halogens is 8. The number of carbonyl (C=O) groups is 2. The second-order valence-electron chi connectivity index (χ2n) is 6.39. The van der Waals surface area contributed by atoms with Crippen molar-refractivity contribution < 1.29 is 54.2 Å². The molecule has 0 aromatic rings. The van der Waals surface area contributed by atoms with Gasteiger partial charge in [0.1, 0.15) is 0 Å². The Morgan fingerprint density at radius 1 is 0.679 bits per heavy atom. The Morgan fingerprint density at radius 3 is 1.14 bits per heavy atom. The highest BCUT2D eigenvalue weighted by Gasteiger charge is 2.81. The minimum Gasteiger partial charge on any atom is -0.459 e. The third-order valence-electron chi connectivity index (χ3n) is 4.13. The average molecular weight is 430 g/mol. The van der Waals surface area contributed by atoms with Crippen LogP contribution in [0.5, 0.6) is 0 Å². The predicted molar refractivity (Wildman–Crippen MR) is 80.6 cm³/mol. The summed E-state index contributed by atoms with van der Waals surface area (Å²) >= 11 is 0. The topological polar surface area (TPSA) is 52.6 Å². The predicted octanol–water partition coefficient (Wildman–Crippen LogP) is 4.71. The zero-order valence-corrected chi connectivity index (χ0v) is 15.6. The summed E-state index contributed by atoms with van der Waals surface area (Å²) in [5, 5.41) is 0. The zero-order chi connectivity index (χ0) is 22.6. The standard InChI is InChI=1S/C16H22F8O4/c1-5-9(3)11(25)27-7-13(17,18)15(21,22)16(23,24)14(19,20)8-28-12(26)10(4)6-2/h9-10H,5-8H2,1-4H3. The minimum atomic E-state index is -6.61. The fourth-order valence-corrected chi connectivity index (χ4v) is 1.58. The number of rotatable bonds is 11. The van der Waals surface area contributed by atoms with Crippen molar-refractivity contribution in [2.24, 2.45) is 11.8 Å². The molecule has 0 spiro atoms. The lowest BCUT2D eigenvalue weighted by Gasteiger charge is -2.36. The number of ether oxygens (including phenoxy) is 2. The highest BCUT2D eigenvalue weighted by molar-refractivity contribution is 5.72. The van der Waals surface area contributed by atoms with Crippen LogP contribution in [-0.2, 0) is 19.1 Å². The number of hydrogen-bond acceptors (Lipinski definition) is 4. The van der Waals surface area contributed by atoms with Crippen LogP contribution >= 0.6 is 0 Å². The molecule has 0 aromatic carbocycles. The molecule has 0 aliphatic rings. The second-order valence-corrected chi connectivity index (χ2v) is 6.39. The largest absolute Gasteiger partial charge is 0.459 e. The van der Waals surface area contributed by atoms with Crippen LogP contribution in [0, 0.1) is 11.8 Å². The van der Waals surface area contributed by atoms with Gasteiger partial charge in [-0.25, -0.2) is 0 Å². The van der Waals surface area contributed by atoms with Crippen molar-refractivity contribution in [3.8, 4) is 0 Å². The fourth-order valence-electron chi connectivity index (χ4n) is 1.58. The zero-order valence-electron chi connectivity index (χ0n) is 15.6. The molecule has 12 heteroatoms. The van der Waals surface area contributed by atoms with Crippen molar-refractivity contribution in [2.45, 2.75) is 64.2 Å². The first kappa shape index (κ1) is 26.4. The molecule has 0 fully saturated rings. The van der Waals surface area contributed by atoms with Gasteiger partial charge in [-0.2, -0.15) is 35.1 Å². The molecule has 0 heterocycles. The van der Waals surface area contributed by atoms with Crippen molar-refractivity contribution >= 4 is 11.9 Å². The first-order valence-electron chi connectivity index (χ1n) is 8.33. The third-order valence-corrected chi connectivity index (χ3v) is 4.13. The summed E-state index contributed by atoms with van der Waals surface area (Å²) in [6.45, 7) is 0.227. The van der Waals surface area contributed by atoms with E-state index in [0.717, 1.165) is 0 Å². The summed E-state index contributed by atoms with van der Waals surface area (Å²) in [7, 11) is 0. The van der Waals surface area contributed by atoms with Crippen LogP contribution < -0.4 is 0 Å². The van der Waals surface area contributed by atoms with Crippen molar-refractivity contribution in [2.75, 3.05) is 13.2 Å². The summed E-state index contributed by atoms with van der Waals surface area (Å²) in [5.74, 6) is -29.6. The van der Waals surface area contributed by atoms with Crippen molar-refractivity contribution in [3.05, 3.63) is 0 Å². The Hall–Kier alpha value is -1.62. The second kappa shape index (κ2) is 9.25. The molecule has 166 valence electrons. The van der Waals surface area contributed by atoms with E-state index >= 15 is 0 Å². The van der Waals surface area contributed by atoms with Gasteiger partial charge in [-0.3, -0.25) is 9.59 Å². The maximum absolute atomic E-state index is 13.6. The molecular formula is C16H22F8O4. The first-order chi connectivity index (χ1) is 12.5. The number of alkyl halides is 8. The van der Waals surface area contributed by atoms with Gasteiger partial charge in [-0.15, -0.1) is 0 Å². The molecule has 0 N–H and O–H groups in total. The Balaban J connectivity index is 5.40. The van der Waals surface area contributed by atoms with Gasteiger partial charge < -0.3 is 9.47 Å². The number of carbonyl (C=O) groups excluding carboxylic acids is 2. The number of hydrogen-bond donors (Lipinski definition) is 0. The molecular weight excluding hydrogens is 408 g/mol. The van der Waals surface area contributed by atoms with Crippen LogP contribution in [0.4, 0.5) is 35.1 Å². The first-order valence-corrected chi connectivity index (χ1v) is 8.33. The van der Waals surface area contributed by atoms with E-state index in [2.05, 4.69) is 9.47 Å². The van der Waals surface area contributed by atoms with Gasteiger partial charge >= 0.3 is 35.6 Å². The lowest BCUT2D eigenvalue weighted by atomic mass is 9.99. The van der Waals surface area contributed by atoms with E-state index in [9.17, 15) is 44.7 Å². The van der Waals surface area contributed by atoms with Crippen LogP contribution in [0.1, 0.15) is 40.5 Å². The number of esters is 2. The molecule has 0 aliphatic carbocycles. The summed E-state index contributed by atoms with van der Waals surface area (Å²) < 4.78 is 117. The molecule has 0 saturated heterocycles. The maximum atomic E-state index is 13.6. The van der Waals surface area contributed by atoms with E-state index in [1.165, 1.54) is 27.7 Å². The van der Waals surface area contributed by atoms with Crippen molar-refractivity contribution in [1.82, 2.24) is 0 Å². The molecule has 0 aromatic heterocycles. The molecule has 0 rings (SSSR count). The summed E-state index contributed by atoms with van der Waals surface area (Å²) in [6.07, 6.45) is 0.160. The van der Waals surface area contributed by atoms with Gasteiger partial charge in [-0.1, -0.05) is 27.7 Å². The third kappa shape index (κ3) is 5.47. The Labute approximate surface area is 156 Å². The Morgan fingerprint density at radius 2 is 0.929 bits per heavy atom. The summed E-state index contributed by atoms with van der Waals surface area (Å²) in [4.78, 5) is 22.5. The molecule has 2 atom stereocenters. The maximum Gasteiger partial charge on any atom is 0.381 e. The lowest BCUT2D eigenvalue weighted by molar-refractivity contribution is -0.374. The quantitative estimate of drug-likeness (QED) is 0.352. The van der Waals surface area contributed by atoms with Gasteiger partial charge in [0.2, 0.25) is 0 Å². The molecule has 4 nitrogen and oxygen atoms in total. The van der Waals surface area contributed by atoms with Gasteiger partial charge in [-0.05, 0) is 12.8 Å². The van der Waals surface area contributed by atoms with E-state index in [0.29, 0.717) is 0 Å². The highest BCUT2D eigenvalue weighted by Crippen LogP contribution is 2.52. The summed E-state index contributed by atoms with van der Waals surface area (Å²) in [6, 6.07) is 0. The average Bonchev–Trinajstić information content (AvgIpc) is 2.62. The van der Waals surface area contributed by atoms with E-state index in [-0.39, 0.29) is 12.8 Å². The van der Waals surface area contributed by atoms with Gasteiger partial charge in [0.15, 0.2) is 13.2 Å². The van der Waals surface area contributed by atoms with Gasteiger partial charge in [0, 0.05) is 0 Å². The molecule has 0 aliphatic heterocycles. The SMILES string of the molecule is CCC(C)C(=O)OCC(F)(F)C(F)(F)C(F)(F)C(F)(F)COC(=O)C(C)CC. The van der Waals surface area contributed by atoms with E-state index in [4.69, 9.17) is 0 Å². The molecule has 2 unspecified atom stereocenters. The summed E-state index contributed by atoms with van der Waals surface area (Å²) in [5.41, 5.74) is 0. The van der Waals surface area contributed by atoms with E-state index in [1.807, 2.05) is 0 Å². The van der Waals surface area contributed by atoms with E-state index < -0.39 is 60.7 Å². The van der Waals surface area contributed by atoms with Gasteiger partial charge in [0.05, 0.1) is 11.8 Å². The van der Waals surface area contributed by atoms with Crippen molar-refractivity contribution in [3.63, 3.8) is 0 Å². The highest BCUT2D eigenvalue weighted by atomic mass is 19.4. The minimum absolute atomic E-state index is 0.0799. The van der Waals surface area contributed by atoms with Crippen molar-refractivity contribution in [1.29, 1.82) is 0 Å². The normalized spacial score (nSPS) is 15.7. The van der Waals surface area contributed by atoms with Crippen LogP contribution in [-0.4, -0.2) is 48.8 Å². The smallest absolute Gasteiger partial charge is 0.381 e. The van der Waals surface area contributed by atoms with E-state index in [1.54, 1.807) is 0 Å². The monoisotopic (exact) mass is 430 g/mol. The van der Waals surface area contributed by atoms with Crippen LogP contribution in [0.15, 0.2) is 0 Å². The van der Waals surface area contributed by atoms with Crippen LogP contribution in [0.3, 0.4) is 0 Å². The molecule has 0 saturated carbocycles. The lowest BCUT2D eigenvalue weighted by Crippen LogP contribution is -2.64. The molecule has 28 heavy (non-hydrogen) atoms. The van der Waals surface area contributed by atoms with Gasteiger partial charge in [0.25, 0.3) is 0 Å². The fraction of sp³-hybridized carbons (Fsp3) is 0.875. The molecule has 0 amide bonds. The molecule has 0 radical (unpaired) electrons. The van der Waals surface area contributed by atoms with Crippen LogP contribution in [0.2, 0.25) is 0 Å².